The molecule has 2 rings (SSSR count). The molecule has 7 heteroatoms. The van der Waals surface area contributed by atoms with Gasteiger partial charge in [0.15, 0.2) is 0 Å². The van der Waals surface area contributed by atoms with Crippen molar-refractivity contribution >= 4 is 11.6 Å². The van der Waals surface area contributed by atoms with Gasteiger partial charge in [0.2, 0.25) is 5.91 Å². The van der Waals surface area contributed by atoms with Crippen LogP contribution in [0.2, 0.25) is 0 Å². The highest BCUT2D eigenvalue weighted by Gasteiger charge is 2.22. The van der Waals surface area contributed by atoms with E-state index in [2.05, 4.69) is 12.8 Å². The van der Waals surface area contributed by atoms with Crippen molar-refractivity contribution in [3.05, 3.63) is 52.7 Å². The predicted molar refractivity (Wildman–Crippen MR) is 126 cm³/mol. The van der Waals surface area contributed by atoms with Crippen LogP contribution < -0.4 is 17.2 Å². The molecular formula is C24H39F2N3O2. The number of halogens is 2. The topological polar surface area (TPSA) is 104 Å². The largest absolute Gasteiger partial charge is 0.400 e. The second-order valence-electron chi connectivity index (χ2n) is 5.34. The molecular weight excluding hydrogens is 400 g/mol. The van der Waals surface area contributed by atoms with E-state index in [1.54, 1.807) is 0 Å². The Labute approximate surface area is 186 Å². The van der Waals surface area contributed by atoms with E-state index in [0.29, 0.717) is 24.1 Å². The van der Waals surface area contributed by atoms with E-state index in [1.165, 1.54) is 12.1 Å². The van der Waals surface area contributed by atoms with Gasteiger partial charge in [-0.15, -0.1) is 12.8 Å². The summed E-state index contributed by atoms with van der Waals surface area (Å²) in [5, 5.41) is 0. The van der Waals surface area contributed by atoms with E-state index >= 15 is 0 Å². The van der Waals surface area contributed by atoms with E-state index in [1.807, 2.05) is 41.5 Å². The molecule has 1 amide bonds. The van der Waals surface area contributed by atoms with Gasteiger partial charge in [0.25, 0.3) is 0 Å². The number of ether oxygens (including phenoxy) is 1. The van der Waals surface area contributed by atoms with Crippen molar-refractivity contribution in [1.29, 1.82) is 0 Å². The average Bonchev–Trinajstić information content (AvgIpc) is 2.79. The quantitative estimate of drug-likeness (QED) is 0.570. The highest BCUT2D eigenvalue weighted by Crippen LogP contribution is 2.28. The Morgan fingerprint density at radius 2 is 1.58 bits per heavy atom. The molecule has 0 spiro atoms. The van der Waals surface area contributed by atoms with Crippen LogP contribution in [-0.4, -0.2) is 18.6 Å². The van der Waals surface area contributed by atoms with Crippen LogP contribution in [0.5, 0.6) is 0 Å². The number of benzene rings is 1. The molecule has 0 radical (unpaired) electrons. The fourth-order valence-electron chi connectivity index (χ4n) is 2.53. The number of hydrogen-bond acceptors (Lipinski definition) is 4. The first-order chi connectivity index (χ1) is 14.9. The molecule has 1 atom stereocenters. The first-order valence-electron chi connectivity index (χ1n) is 10.5. The summed E-state index contributed by atoms with van der Waals surface area (Å²) in [6, 6.07) is 3.54. The van der Waals surface area contributed by atoms with Crippen LogP contribution in [-0.2, 0) is 9.53 Å². The molecule has 0 saturated carbocycles. The molecule has 0 bridgehead atoms. The van der Waals surface area contributed by atoms with Crippen LogP contribution in [0.25, 0.3) is 5.70 Å². The fraction of sp³-hybridized carbons (Fsp3) is 0.458. The van der Waals surface area contributed by atoms with Crippen molar-refractivity contribution in [2.24, 2.45) is 17.2 Å². The van der Waals surface area contributed by atoms with Crippen molar-refractivity contribution in [3.63, 3.8) is 0 Å². The monoisotopic (exact) mass is 439 g/mol. The fourth-order valence-corrected chi connectivity index (χ4v) is 2.53. The number of terminal acetylenes is 1. The van der Waals surface area contributed by atoms with Crippen LogP contribution in [0.1, 0.15) is 66.4 Å². The summed E-state index contributed by atoms with van der Waals surface area (Å²) in [4.78, 5) is 10.8. The molecule has 0 aromatic heterocycles. The molecule has 0 heterocycles. The number of allylic oxidation sites excluding steroid dienone is 2. The van der Waals surface area contributed by atoms with Gasteiger partial charge in [-0.2, -0.15) is 0 Å². The Balaban J connectivity index is -0.000000879. The van der Waals surface area contributed by atoms with Gasteiger partial charge in [-0.05, 0) is 43.0 Å². The zero-order valence-corrected chi connectivity index (χ0v) is 19.7. The van der Waals surface area contributed by atoms with Gasteiger partial charge in [-0.25, -0.2) is 8.78 Å². The third kappa shape index (κ3) is 11.8. The van der Waals surface area contributed by atoms with Gasteiger partial charge in [-0.3, -0.25) is 4.79 Å². The Hall–Kier alpha value is -2.85. The zero-order valence-electron chi connectivity index (χ0n) is 19.7. The first-order valence-corrected chi connectivity index (χ1v) is 10.5. The molecule has 1 unspecified atom stereocenters. The van der Waals surface area contributed by atoms with Crippen LogP contribution in [0.15, 0.2) is 35.5 Å². The number of primary amides is 1. The molecule has 1 aliphatic rings. The van der Waals surface area contributed by atoms with Gasteiger partial charge in [0, 0.05) is 11.4 Å². The van der Waals surface area contributed by atoms with E-state index < -0.39 is 23.6 Å². The lowest BCUT2D eigenvalue weighted by Gasteiger charge is -2.25. The maximum Gasteiger partial charge on any atom is 0.243 e. The van der Waals surface area contributed by atoms with E-state index in [9.17, 15) is 13.6 Å². The van der Waals surface area contributed by atoms with Crippen molar-refractivity contribution in [2.75, 3.05) is 6.61 Å². The Morgan fingerprint density at radius 3 is 2.03 bits per heavy atom. The first kappa shape index (κ1) is 32.8. The molecule has 1 aliphatic carbocycles. The van der Waals surface area contributed by atoms with Crippen molar-refractivity contribution in [2.45, 2.75) is 66.9 Å². The third-order valence-corrected chi connectivity index (χ3v) is 3.64. The Kier molecular flexibility index (Phi) is 21.6. The lowest BCUT2D eigenvalue weighted by atomic mass is 9.92. The highest BCUT2D eigenvalue weighted by atomic mass is 19.1. The van der Waals surface area contributed by atoms with Crippen molar-refractivity contribution < 1.29 is 18.3 Å². The SMILES string of the molecule is C#C.CC.CC.CC.NC(=O)COC1CCCC(/C=C(\N)c2c(F)cccc2F)=C1N. The molecule has 0 saturated heterocycles. The summed E-state index contributed by atoms with van der Waals surface area (Å²) in [6.45, 7) is 11.8. The number of rotatable bonds is 5. The zero-order chi connectivity index (χ0) is 25.0. The number of hydrogen-bond donors (Lipinski definition) is 3. The minimum atomic E-state index is -0.741. The van der Waals surface area contributed by atoms with Crippen LogP contribution in [0.3, 0.4) is 0 Å². The minimum Gasteiger partial charge on any atom is -0.400 e. The average molecular weight is 440 g/mol. The smallest absolute Gasteiger partial charge is 0.243 e. The maximum atomic E-state index is 13.8. The second-order valence-corrected chi connectivity index (χ2v) is 5.34. The van der Waals surface area contributed by atoms with Crippen LogP contribution in [0, 0.1) is 24.5 Å². The lowest BCUT2D eigenvalue weighted by molar-refractivity contribution is -0.124. The Morgan fingerprint density at radius 1 is 1.10 bits per heavy atom. The summed E-state index contributed by atoms with van der Waals surface area (Å²) in [5.41, 5.74) is 17.6. The molecule has 1 aromatic rings. The molecule has 0 aliphatic heterocycles. The van der Waals surface area contributed by atoms with Gasteiger partial charge in [0.1, 0.15) is 18.2 Å². The van der Waals surface area contributed by atoms with E-state index in [4.69, 9.17) is 21.9 Å². The second kappa shape index (κ2) is 20.4. The molecule has 1 aromatic carbocycles. The molecule has 176 valence electrons. The molecule has 31 heavy (non-hydrogen) atoms. The minimum absolute atomic E-state index is 0.0471. The standard InChI is InChI=1S/C16H19F2N3O2.3C2H6.C2H2/c17-10-4-2-5-11(18)15(10)12(19)7-9-3-1-6-13(16(9)21)23-8-14(20)22;4*1-2/h2,4-5,7,13H,1,3,6,8,19,21H2,(H2,20,22);3*1-2H3;1-2H/b12-7-;;;;. The summed E-state index contributed by atoms with van der Waals surface area (Å²) in [5.74, 6) is -2.07. The molecule has 6 N–H and O–H groups in total. The summed E-state index contributed by atoms with van der Waals surface area (Å²) < 4.78 is 32.9. The molecule has 0 fully saturated rings. The summed E-state index contributed by atoms with van der Waals surface area (Å²) in [7, 11) is 0. The highest BCUT2D eigenvalue weighted by molar-refractivity contribution is 5.75. The third-order valence-electron chi connectivity index (χ3n) is 3.64. The van der Waals surface area contributed by atoms with Gasteiger partial charge >= 0.3 is 0 Å². The lowest BCUT2D eigenvalue weighted by Crippen LogP contribution is -2.30. The summed E-state index contributed by atoms with van der Waals surface area (Å²) in [6.07, 6.45) is 11.0. The van der Waals surface area contributed by atoms with Crippen LogP contribution in [0.4, 0.5) is 8.78 Å². The van der Waals surface area contributed by atoms with Crippen molar-refractivity contribution in [3.8, 4) is 12.8 Å². The normalized spacial score (nSPS) is 14.8. The van der Waals surface area contributed by atoms with Crippen LogP contribution >= 0.6 is 0 Å². The predicted octanol–water partition coefficient (Wildman–Crippen LogP) is 4.86. The number of nitrogens with two attached hydrogens (primary N) is 3. The van der Waals surface area contributed by atoms with E-state index in [0.717, 1.165) is 18.6 Å². The van der Waals surface area contributed by atoms with Gasteiger partial charge < -0.3 is 21.9 Å². The van der Waals surface area contributed by atoms with Crippen molar-refractivity contribution in [1.82, 2.24) is 0 Å². The van der Waals surface area contributed by atoms with Gasteiger partial charge in [0.05, 0.1) is 11.7 Å². The number of carbonyl (C=O) groups excluding carboxylic acids is 1. The maximum absolute atomic E-state index is 13.8. The molecule has 5 nitrogen and oxygen atoms in total. The summed E-state index contributed by atoms with van der Waals surface area (Å²) >= 11 is 0. The van der Waals surface area contributed by atoms with E-state index in [-0.39, 0.29) is 17.9 Å². The number of amides is 1. The Bertz CT molecular complexity index is 694. The van der Waals surface area contributed by atoms with Gasteiger partial charge in [-0.1, -0.05) is 47.6 Å². The number of carbonyl (C=O) groups is 1.